The molecule has 17 heavy (non-hydrogen) atoms. The molecular weight excluding hydrogens is 212 g/mol. The quantitative estimate of drug-likeness (QED) is 0.439. The van der Waals surface area contributed by atoms with Crippen LogP contribution < -0.4 is 0 Å². The molecule has 1 saturated carbocycles. The Hall–Kier alpha value is -0.530. The van der Waals surface area contributed by atoms with Gasteiger partial charge in [0.2, 0.25) is 0 Å². The van der Waals surface area contributed by atoms with Gasteiger partial charge in [-0.3, -0.25) is 4.79 Å². The minimum absolute atomic E-state index is 0.0134. The van der Waals surface area contributed by atoms with E-state index in [2.05, 4.69) is 6.92 Å². The zero-order valence-electron chi connectivity index (χ0n) is 11.4. The van der Waals surface area contributed by atoms with E-state index in [9.17, 15) is 4.79 Å². The van der Waals surface area contributed by atoms with Gasteiger partial charge in [0.15, 0.2) is 0 Å². The van der Waals surface area contributed by atoms with Crippen LogP contribution in [0.25, 0.3) is 0 Å². The van der Waals surface area contributed by atoms with E-state index >= 15 is 0 Å². The lowest BCUT2D eigenvalue weighted by molar-refractivity contribution is -0.144. The zero-order valence-corrected chi connectivity index (χ0v) is 11.4. The third-order valence-electron chi connectivity index (χ3n) is 3.75. The van der Waals surface area contributed by atoms with Gasteiger partial charge in [0.1, 0.15) is 0 Å². The summed E-state index contributed by atoms with van der Waals surface area (Å²) in [5.41, 5.74) is 0. The summed E-state index contributed by atoms with van der Waals surface area (Å²) in [6.07, 6.45) is 13.1. The van der Waals surface area contributed by atoms with Crippen LogP contribution in [0.1, 0.15) is 77.6 Å². The molecule has 1 aliphatic rings. The second-order valence-corrected chi connectivity index (χ2v) is 5.32. The van der Waals surface area contributed by atoms with E-state index in [4.69, 9.17) is 4.74 Å². The standard InChI is InChI=1S/C15H28O2/c1-2-3-4-5-6-11-15(16)17-13-12-14-9-7-8-10-14/h14H,2-13H2,1H3. The Bertz CT molecular complexity index is 195. The molecule has 2 heteroatoms. The first-order valence-electron chi connectivity index (χ1n) is 7.48. The molecule has 0 heterocycles. The smallest absolute Gasteiger partial charge is 0.305 e. The van der Waals surface area contributed by atoms with Gasteiger partial charge < -0.3 is 4.74 Å². The minimum Gasteiger partial charge on any atom is -0.466 e. The Kier molecular flexibility index (Phi) is 8.12. The maximum absolute atomic E-state index is 11.4. The highest BCUT2D eigenvalue weighted by atomic mass is 16.5. The number of hydrogen-bond acceptors (Lipinski definition) is 2. The first kappa shape index (κ1) is 14.5. The fourth-order valence-electron chi connectivity index (χ4n) is 2.58. The van der Waals surface area contributed by atoms with Crippen LogP contribution in [0, 0.1) is 5.92 Å². The third kappa shape index (κ3) is 7.40. The number of unbranched alkanes of at least 4 members (excludes halogenated alkanes) is 4. The number of ether oxygens (including phenoxy) is 1. The Labute approximate surface area is 106 Å². The normalized spacial score (nSPS) is 16.3. The van der Waals surface area contributed by atoms with Gasteiger partial charge in [0.25, 0.3) is 0 Å². The fraction of sp³-hybridized carbons (Fsp3) is 0.933. The third-order valence-corrected chi connectivity index (χ3v) is 3.75. The highest BCUT2D eigenvalue weighted by Gasteiger charge is 2.15. The lowest BCUT2D eigenvalue weighted by Crippen LogP contribution is -2.08. The van der Waals surface area contributed by atoms with Gasteiger partial charge in [0, 0.05) is 6.42 Å². The van der Waals surface area contributed by atoms with Crippen molar-refractivity contribution in [1.82, 2.24) is 0 Å². The van der Waals surface area contributed by atoms with E-state index in [-0.39, 0.29) is 5.97 Å². The second-order valence-electron chi connectivity index (χ2n) is 5.32. The summed E-state index contributed by atoms with van der Waals surface area (Å²) in [5, 5.41) is 0. The predicted molar refractivity (Wildman–Crippen MR) is 70.9 cm³/mol. The minimum atomic E-state index is 0.0134. The van der Waals surface area contributed by atoms with E-state index < -0.39 is 0 Å². The molecule has 0 unspecified atom stereocenters. The molecule has 1 rings (SSSR count). The molecule has 0 atom stereocenters. The van der Waals surface area contributed by atoms with Gasteiger partial charge in [0.05, 0.1) is 6.61 Å². The maximum Gasteiger partial charge on any atom is 0.305 e. The lowest BCUT2D eigenvalue weighted by atomic mass is 10.1. The van der Waals surface area contributed by atoms with Crippen molar-refractivity contribution >= 4 is 5.97 Å². The number of rotatable bonds is 9. The number of esters is 1. The summed E-state index contributed by atoms with van der Waals surface area (Å²) in [5.74, 6) is 0.840. The van der Waals surface area contributed by atoms with E-state index in [0.717, 1.165) is 18.8 Å². The van der Waals surface area contributed by atoms with Crippen molar-refractivity contribution in [1.29, 1.82) is 0 Å². The van der Waals surface area contributed by atoms with Gasteiger partial charge in [-0.25, -0.2) is 0 Å². The summed E-state index contributed by atoms with van der Waals surface area (Å²) in [6, 6.07) is 0. The fourth-order valence-corrected chi connectivity index (χ4v) is 2.58. The van der Waals surface area contributed by atoms with Crippen LogP contribution in [0.4, 0.5) is 0 Å². The molecule has 0 aromatic rings. The van der Waals surface area contributed by atoms with E-state index in [1.54, 1.807) is 0 Å². The number of carbonyl (C=O) groups excluding carboxylic acids is 1. The average molecular weight is 240 g/mol. The molecule has 0 aliphatic heterocycles. The first-order chi connectivity index (χ1) is 8.33. The predicted octanol–water partition coefficient (Wildman–Crippen LogP) is 4.47. The Morgan fingerprint density at radius 1 is 1.12 bits per heavy atom. The van der Waals surface area contributed by atoms with E-state index in [0.29, 0.717) is 13.0 Å². The van der Waals surface area contributed by atoms with Gasteiger partial charge in [-0.15, -0.1) is 0 Å². The molecule has 1 fully saturated rings. The van der Waals surface area contributed by atoms with Gasteiger partial charge in [-0.2, -0.15) is 0 Å². The summed E-state index contributed by atoms with van der Waals surface area (Å²) < 4.78 is 5.27. The number of hydrogen-bond donors (Lipinski definition) is 0. The topological polar surface area (TPSA) is 26.3 Å². The van der Waals surface area contributed by atoms with E-state index in [1.807, 2.05) is 0 Å². The molecule has 2 nitrogen and oxygen atoms in total. The van der Waals surface area contributed by atoms with Crippen molar-refractivity contribution in [2.45, 2.75) is 77.6 Å². The van der Waals surface area contributed by atoms with Crippen LogP contribution in [-0.2, 0) is 9.53 Å². The van der Waals surface area contributed by atoms with E-state index in [1.165, 1.54) is 51.4 Å². The summed E-state index contributed by atoms with van der Waals surface area (Å²) in [6.45, 7) is 2.86. The summed E-state index contributed by atoms with van der Waals surface area (Å²) in [4.78, 5) is 11.4. The lowest BCUT2D eigenvalue weighted by Gasteiger charge is -2.09. The monoisotopic (exact) mass is 240 g/mol. The molecule has 0 aromatic carbocycles. The molecule has 0 aromatic heterocycles. The van der Waals surface area contributed by atoms with Crippen molar-refractivity contribution in [3.63, 3.8) is 0 Å². The second kappa shape index (κ2) is 9.49. The van der Waals surface area contributed by atoms with Crippen molar-refractivity contribution in [2.75, 3.05) is 6.61 Å². The van der Waals surface area contributed by atoms with Crippen LogP contribution in [0.2, 0.25) is 0 Å². The largest absolute Gasteiger partial charge is 0.466 e. The Balaban J connectivity index is 1.86. The van der Waals surface area contributed by atoms with Crippen LogP contribution >= 0.6 is 0 Å². The highest BCUT2D eigenvalue weighted by molar-refractivity contribution is 5.69. The average Bonchev–Trinajstić information content (AvgIpc) is 2.82. The highest BCUT2D eigenvalue weighted by Crippen LogP contribution is 2.27. The molecule has 0 bridgehead atoms. The van der Waals surface area contributed by atoms with Crippen LogP contribution in [-0.4, -0.2) is 12.6 Å². The molecule has 0 spiro atoms. The van der Waals surface area contributed by atoms with Crippen molar-refractivity contribution in [2.24, 2.45) is 5.92 Å². The molecule has 0 saturated heterocycles. The van der Waals surface area contributed by atoms with Crippen LogP contribution in [0.5, 0.6) is 0 Å². The molecule has 0 N–H and O–H groups in total. The Morgan fingerprint density at radius 2 is 1.82 bits per heavy atom. The van der Waals surface area contributed by atoms with Crippen molar-refractivity contribution < 1.29 is 9.53 Å². The van der Waals surface area contributed by atoms with Gasteiger partial charge in [-0.1, -0.05) is 58.3 Å². The maximum atomic E-state index is 11.4. The van der Waals surface area contributed by atoms with Crippen molar-refractivity contribution in [3.8, 4) is 0 Å². The van der Waals surface area contributed by atoms with Crippen LogP contribution in [0.15, 0.2) is 0 Å². The molecule has 1 aliphatic carbocycles. The molecule has 0 radical (unpaired) electrons. The van der Waals surface area contributed by atoms with Crippen molar-refractivity contribution in [3.05, 3.63) is 0 Å². The zero-order chi connectivity index (χ0) is 12.3. The number of carbonyl (C=O) groups is 1. The molecule has 0 amide bonds. The van der Waals surface area contributed by atoms with Gasteiger partial charge >= 0.3 is 5.97 Å². The van der Waals surface area contributed by atoms with Crippen LogP contribution in [0.3, 0.4) is 0 Å². The van der Waals surface area contributed by atoms with Gasteiger partial charge in [-0.05, 0) is 18.8 Å². The SMILES string of the molecule is CCCCCCCC(=O)OCCC1CCCC1. The molecular formula is C15H28O2. The summed E-state index contributed by atoms with van der Waals surface area (Å²) >= 11 is 0. The first-order valence-corrected chi connectivity index (χ1v) is 7.48. The summed E-state index contributed by atoms with van der Waals surface area (Å²) in [7, 11) is 0. The molecule has 100 valence electrons. The Morgan fingerprint density at radius 3 is 2.53 bits per heavy atom.